The summed E-state index contributed by atoms with van der Waals surface area (Å²) in [5, 5.41) is 15.2. The van der Waals surface area contributed by atoms with E-state index in [2.05, 4.69) is 5.10 Å². The molecule has 0 saturated heterocycles. The van der Waals surface area contributed by atoms with Crippen LogP contribution < -0.4 is 0 Å². The Balaban J connectivity index is 1.75. The Hall–Kier alpha value is -3.29. The Morgan fingerprint density at radius 2 is 1.90 bits per heavy atom. The van der Waals surface area contributed by atoms with Gasteiger partial charge in [-0.25, -0.2) is 9.97 Å². The van der Waals surface area contributed by atoms with Gasteiger partial charge in [-0.2, -0.15) is 5.10 Å². The predicted molar refractivity (Wildman–Crippen MR) is 124 cm³/mol. The Kier molecular flexibility index (Phi) is 4.72. The summed E-state index contributed by atoms with van der Waals surface area (Å²) in [6.07, 6.45) is 1.67. The minimum atomic E-state index is -0.869. The van der Waals surface area contributed by atoms with Crippen molar-refractivity contribution in [1.29, 1.82) is 0 Å². The number of rotatable bonds is 4. The highest BCUT2D eigenvalue weighted by molar-refractivity contribution is 7.22. The third kappa shape index (κ3) is 3.45. The smallest absolute Gasteiger partial charge is 0.307 e. The summed E-state index contributed by atoms with van der Waals surface area (Å²) >= 11 is 7.60. The van der Waals surface area contributed by atoms with E-state index in [9.17, 15) is 9.90 Å². The molecule has 0 fully saturated rings. The maximum absolute atomic E-state index is 11.6. The first-order valence-electron chi connectivity index (χ1n) is 9.60. The van der Waals surface area contributed by atoms with E-state index < -0.39 is 5.97 Å². The van der Waals surface area contributed by atoms with Crippen molar-refractivity contribution in [2.24, 2.45) is 7.05 Å². The van der Waals surface area contributed by atoms with Gasteiger partial charge in [0.1, 0.15) is 10.5 Å². The number of thiazole rings is 1. The fraction of sp³-hybridized carbons (Fsp3) is 0.130. The zero-order valence-corrected chi connectivity index (χ0v) is 18.3. The fourth-order valence-electron chi connectivity index (χ4n) is 3.80. The molecule has 5 aromatic rings. The van der Waals surface area contributed by atoms with Crippen LogP contribution >= 0.6 is 22.9 Å². The fourth-order valence-corrected chi connectivity index (χ4v) is 5.04. The molecule has 6 nitrogen and oxygen atoms in total. The Labute approximate surface area is 186 Å². The van der Waals surface area contributed by atoms with Gasteiger partial charge in [-0.15, -0.1) is 11.3 Å². The quantitative estimate of drug-likeness (QED) is 0.392. The molecule has 0 saturated carbocycles. The molecule has 3 heterocycles. The third-order valence-corrected chi connectivity index (χ3v) is 6.66. The Morgan fingerprint density at radius 1 is 1.13 bits per heavy atom. The second-order valence-electron chi connectivity index (χ2n) is 7.36. The van der Waals surface area contributed by atoms with Gasteiger partial charge in [0.15, 0.2) is 0 Å². The minimum Gasteiger partial charge on any atom is -0.481 e. The first-order valence-corrected chi connectivity index (χ1v) is 10.8. The van der Waals surface area contributed by atoms with Crippen LogP contribution in [0.4, 0.5) is 0 Å². The average molecular weight is 449 g/mol. The Bertz CT molecular complexity index is 1470. The molecule has 0 amide bonds. The second kappa shape index (κ2) is 7.44. The van der Waals surface area contributed by atoms with E-state index >= 15 is 0 Å². The molecule has 0 spiro atoms. The number of aryl methyl sites for hydroxylation is 2. The molecule has 31 heavy (non-hydrogen) atoms. The molecule has 154 valence electrons. The van der Waals surface area contributed by atoms with Gasteiger partial charge in [0.2, 0.25) is 0 Å². The first-order chi connectivity index (χ1) is 14.9. The van der Waals surface area contributed by atoms with Crippen LogP contribution in [0.5, 0.6) is 0 Å². The summed E-state index contributed by atoms with van der Waals surface area (Å²) in [5.74, 6) is -0.869. The summed E-state index contributed by atoms with van der Waals surface area (Å²) < 4.78 is 2.72. The van der Waals surface area contributed by atoms with E-state index in [1.165, 1.54) is 11.3 Å². The molecule has 0 aliphatic rings. The highest BCUT2D eigenvalue weighted by atomic mass is 35.5. The lowest BCUT2D eigenvalue weighted by molar-refractivity contribution is -0.136. The van der Waals surface area contributed by atoms with Gasteiger partial charge in [0.25, 0.3) is 0 Å². The van der Waals surface area contributed by atoms with Crippen molar-refractivity contribution in [3.8, 4) is 21.8 Å². The van der Waals surface area contributed by atoms with Crippen LogP contribution in [-0.4, -0.2) is 30.8 Å². The van der Waals surface area contributed by atoms with E-state index in [1.807, 2.05) is 56.4 Å². The molecule has 0 atom stereocenters. The monoisotopic (exact) mass is 448 g/mol. The van der Waals surface area contributed by atoms with Crippen molar-refractivity contribution in [2.75, 3.05) is 0 Å². The number of nitrogens with zero attached hydrogens (tertiary/aromatic N) is 4. The lowest BCUT2D eigenvalue weighted by Gasteiger charge is -2.13. The van der Waals surface area contributed by atoms with Gasteiger partial charge in [-0.1, -0.05) is 23.7 Å². The molecule has 1 N–H and O–H groups in total. The molecule has 0 aliphatic carbocycles. The normalized spacial score (nSPS) is 11.5. The number of aliphatic carboxylic acids is 1. The predicted octanol–water partition coefficient (Wildman–Crippen LogP) is 5.50. The summed E-state index contributed by atoms with van der Waals surface area (Å²) in [7, 11) is 1.88. The molecule has 5 rings (SSSR count). The third-order valence-electron chi connectivity index (χ3n) is 5.30. The first kappa shape index (κ1) is 19.7. The summed E-state index contributed by atoms with van der Waals surface area (Å²) in [5.41, 5.74) is 6.83. The van der Waals surface area contributed by atoms with Gasteiger partial charge >= 0.3 is 5.97 Å². The van der Waals surface area contributed by atoms with Crippen molar-refractivity contribution < 1.29 is 9.90 Å². The van der Waals surface area contributed by atoms with E-state index in [4.69, 9.17) is 21.6 Å². The highest BCUT2D eigenvalue weighted by Crippen LogP contribution is 2.40. The molecule has 0 bridgehead atoms. The zero-order chi connectivity index (χ0) is 21.7. The van der Waals surface area contributed by atoms with E-state index in [1.54, 1.807) is 10.9 Å². The number of hydrogen-bond donors (Lipinski definition) is 1. The number of hydrogen-bond acceptors (Lipinski definition) is 5. The average Bonchev–Trinajstić information content (AvgIpc) is 3.32. The van der Waals surface area contributed by atoms with Crippen LogP contribution in [0.1, 0.15) is 11.1 Å². The lowest BCUT2D eigenvalue weighted by Crippen LogP contribution is -2.04. The number of halogens is 1. The molecule has 3 aromatic heterocycles. The summed E-state index contributed by atoms with van der Waals surface area (Å²) in [6, 6.07) is 13.3. The van der Waals surface area contributed by atoms with E-state index in [-0.39, 0.29) is 6.42 Å². The number of pyridine rings is 1. The van der Waals surface area contributed by atoms with Crippen LogP contribution in [0.2, 0.25) is 5.02 Å². The molecule has 0 aliphatic heterocycles. The van der Waals surface area contributed by atoms with Gasteiger partial charge in [-0.05, 0) is 53.9 Å². The van der Waals surface area contributed by atoms with E-state index in [0.29, 0.717) is 5.02 Å². The number of carboxylic acids is 1. The second-order valence-corrected chi connectivity index (χ2v) is 8.80. The number of carboxylic acid groups (broad SMARTS) is 1. The Morgan fingerprint density at radius 3 is 2.65 bits per heavy atom. The minimum absolute atomic E-state index is 0.0626. The number of benzene rings is 2. The van der Waals surface area contributed by atoms with Gasteiger partial charge in [-0.3, -0.25) is 9.48 Å². The highest BCUT2D eigenvalue weighted by Gasteiger charge is 2.20. The maximum atomic E-state index is 11.6. The molecule has 2 aromatic carbocycles. The standard InChI is InChI=1S/C23H17ClN4O2S/c1-12-9-17-22(21(15(12)10-20(29)30)13-3-5-14(24)6-4-13)31-23(27-17)16-7-8-19-18(26-16)11-25-28(19)2/h3-9,11H,10H2,1-2H3,(H,29,30). The van der Waals surface area contributed by atoms with Gasteiger partial charge in [0, 0.05) is 17.6 Å². The zero-order valence-electron chi connectivity index (χ0n) is 16.8. The van der Waals surface area contributed by atoms with Crippen LogP contribution in [0, 0.1) is 6.92 Å². The van der Waals surface area contributed by atoms with Crippen molar-refractivity contribution in [3.63, 3.8) is 0 Å². The lowest BCUT2D eigenvalue weighted by atomic mass is 9.93. The number of carbonyl (C=O) groups is 1. The summed E-state index contributed by atoms with van der Waals surface area (Å²) in [6.45, 7) is 1.93. The van der Waals surface area contributed by atoms with Crippen LogP contribution in [0.15, 0.2) is 48.7 Å². The molecule has 0 unspecified atom stereocenters. The van der Waals surface area contributed by atoms with Crippen LogP contribution in [0.25, 0.3) is 43.1 Å². The van der Waals surface area contributed by atoms with Gasteiger partial charge in [0.05, 0.1) is 34.0 Å². The van der Waals surface area contributed by atoms with E-state index in [0.717, 1.165) is 54.2 Å². The number of aromatic nitrogens is 4. The van der Waals surface area contributed by atoms with Crippen molar-refractivity contribution in [1.82, 2.24) is 19.7 Å². The van der Waals surface area contributed by atoms with Crippen molar-refractivity contribution >= 4 is 50.2 Å². The molecule has 0 radical (unpaired) electrons. The number of fused-ring (bicyclic) bond motifs is 2. The topological polar surface area (TPSA) is 80.9 Å². The SMILES string of the molecule is Cc1cc2nc(-c3ccc4c(cnn4C)n3)sc2c(-c2ccc(Cl)cc2)c1CC(=O)O. The van der Waals surface area contributed by atoms with Gasteiger partial charge < -0.3 is 5.11 Å². The molecule has 8 heteroatoms. The van der Waals surface area contributed by atoms with Crippen molar-refractivity contribution in [3.05, 3.63) is 64.8 Å². The molecular formula is C23H17ClN4O2S. The summed E-state index contributed by atoms with van der Waals surface area (Å²) in [4.78, 5) is 21.2. The maximum Gasteiger partial charge on any atom is 0.307 e. The molecular weight excluding hydrogens is 432 g/mol. The van der Waals surface area contributed by atoms with Crippen LogP contribution in [0.3, 0.4) is 0 Å². The van der Waals surface area contributed by atoms with Crippen molar-refractivity contribution in [2.45, 2.75) is 13.3 Å². The largest absolute Gasteiger partial charge is 0.481 e. The van der Waals surface area contributed by atoms with Crippen LogP contribution in [-0.2, 0) is 18.3 Å².